The maximum absolute atomic E-state index is 12.1. The molecule has 0 atom stereocenters. The van der Waals surface area contributed by atoms with Gasteiger partial charge in [-0.1, -0.05) is 57.2 Å². The molecule has 1 aromatic heterocycles. The summed E-state index contributed by atoms with van der Waals surface area (Å²) in [7, 11) is 0. The first-order valence-electron chi connectivity index (χ1n) is 7.61. The number of H-pyrrole nitrogens is 1. The van der Waals surface area contributed by atoms with Gasteiger partial charge >= 0.3 is 0 Å². The van der Waals surface area contributed by atoms with Gasteiger partial charge in [-0.15, -0.1) is 0 Å². The first-order valence-corrected chi connectivity index (χ1v) is 7.61. The van der Waals surface area contributed by atoms with Crippen LogP contribution in [0.5, 0.6) is 0 Å². The molecule has 0 saturated heterocycles. The molecule has 0 aliphatic rings. The summed E-state index contributed by atoms with van der Waals surface area (Å²) in [4.78, 5) is 19.6. The Hall–Kier alpha value is -2.42. The second-order valence-corrected chi connectivity index (χ2v) is 6.25. The van der Waals surface area contributed by atoms with Crippen LogP contribution in [0.25, 0.3) is 22.3 Å². The molecule has 112 valence electrons. The van der Waals surface area contributed by atoms with E-state index in [-0.39, 0.29) is 11.0 Å². The number of nitrogens with one attached hydrogen (secondary N) is 1. The fraction of sp³-hybridized carbons (Fsp3) is 0.263. The van der Waals surface area contributed by atoms with Crippen LogP contribution >= 0.6 is 0 Å². The highest BCUT2D eigenvalue weighted by Gasteiger charge is 2.17. The van der Waals surface area contributed by atoms with Gasteiger partial charge in [0.05, 0.1) is 10.9 Å². The molecule has 0 spiro atoms. The average Bonchev–Trinajstić information content (AvgIpc) is 2.55. The molecule has 0 unspecified atom stereocenters. The highest BCUT2D eigenvalue weighted by atomic mass is 16.1. The molecular weight excluding hydrogens is 272 g/mol. The van der Waals surface area contributed by atoms with Crippen molar-refractivity contribution in [1.29, 1.82) is 0 Å². The Morgan fingerprint density at radius 3 is 2.41 bits per heavy atom. The summed E-state index contributed by atoms with van der Waals surface area (Å²) in [5, 5.41) is 0.620. The van der Waals surface area contributed by atoms with Gasteiger partial charge in [0.1, 0.15) is 5.82 Å². The van der Waals surface area contributed by atoms with Crippen LogP contribution in [0.1, 0.15) is 32.8 Å². The Morgan fingerprint density at radius 1 is 1.05 bits per heavy atom. The number of aromatic amines is 1. The van der Waals surface area contributed by atoms with Crippen molar-refractivity contribution >= 4 is 10.9 Å². The van der Waals surface area contributed by atoms with Crippen molar-refractivity contribution in [3.05, 3.63) is 64.4 Å². The molecule has 1 heterocycles. The van der Waals surface area contributed by atoms with Gasteiger partial charge in [0.25, 0.3) is 5.56 Å². The lowest BCUT2D eigenvalue weighted by Crippen LogP contribution is -2.15. The maximum Gasteiger partial charge on any atom is 0.259 e. The van der Waals surface area contributed by atoms with Gasteiger partial charge in [-0.05, 0) is 29.5 Å². The predicted molar refractivity (Wildman–Crippen MR) is 91.1 cm³/mol. The third kappa shape index (κ3) is 2.54. The third-order valence-electron chi connectivity index (χ3n) is 4.44. The lowest BCUT2D eigenvalue weighted by molar-refractivity contribution is 0.506. The molecule has 3 nitrogen and oxygen atoms in total. The molecule has 0 radical (unpaired) electrons. The lowest BCUT2D eigenvalue weighted by atomic mass is 9.82. The highest BCUT2D eigenvalue weighted by molar-refractivity contribution is 5.79. The van der Waals surface area contributed by atoms with E-state index in [0.29, 0.717) is 11.2 Å². The molecule has 0 aliphatic heterocycles. The monoisotopic (exact) mass is 292 g/mol. The molecule has 22 heavy (non-hydrogen) atoms. The van der Waals surface area contributed by atoms with Crippen LogP contribution in [0.2, 0.25) is 0 Å². The van der Waals surface area contributed by atoms with Crippen LogP contribution in [0.15, 0.2) is 53.3 Å². The van der Waals surface area contributed by atoms with Crippen LogP contribution in [-0.2, 0) is 5.41 Å². The zero-order valence-corrected chi connectivity index (χ0v) is 13.2. The van der Waals surface area contributed by atoms with Crippen molar-refractivity contribution in [1.82, 2.24) is 9.97 Å². The number of hydrogen-bond acceptors (Lipinski definition) is 2. The SMILES string of the molecule is CCC(C)(C)c1ccc(-c2nc3ccccc3c(=O)[nH]2)cc1. The number of fused-ring (bicyclic) bond motifs is 1. The minimum atomic E-state index is -0.0986. The van der Waals surface area contributed by atoms with Crippen LogP contribution in [0, 0.1) is 0 Å². The van der Waals surface area contributed by atoms with Crippen LogP contribution in [0.3, 0.4) is 0 Å². The predicted octanol–water partition coefficient (Wildman–Crippen LogP) is 4.28. The lowest BCUT2D eigenvalue weighted by Gasteiger charge is -2.23. The van der Waals surface area contributed by atoms with E-state index >= 15 is 0 Å². The van der Waals surface area contributed by atoms with Crippen molar-refractivity contribution in [2.45, 2.75) is 32.6 Å². The number of nitrogens with zero attached hydrogens (tertiary/aromatic N) is 1. The molecule has 0 fully saturated rings. The van der Waals surface area contributed by atoms with Crippen molar-refractivity contribution < 1.29 is 0 Å². The molecule has 0 saturated carbocycles. The third-order valence-corrected chi connectivity index (χ3v) is 4.44. The minimum Gasteiger partial charge on any atom is -0.306 e. The number of rotatable bonds is 3. The molecular formula is C19H20N2O. The standard InChI is InChI=1S/C19H20N2O/c1-4-19(2,3)14-11-9-13(10-12-14)17-20-16-8-6-5-7-15(16)18(22)21-17/h5-12H,4H2,1-3H3,(H,20,21,22). The summed E-state index contributed by atoms with van der Waals surface area (Å²) in [5.74, 6) is 0.615. The summed E-state index contributed by atoms with van der Waals surface area (Å²) in [6.45, 7) is 6.66. The van der Waals surface area contributed by atoms with Crippen molar-refractivity contribution in [3.63, 3.8) is 0 Å². The maximum atomic E-state index is 12.1. The van der Waals surface area contributed by atoms with E-state index in [4.69, 9.17) is 0 Å². The molecule has 1 N–H and O–H groups in total. The molecule has 3 rings (SSSR count). The smallest absolute Gasteiger partial charge is 0.259 e. The molecule has 3 heteroatoms. The van der Waals surface area contributed by atoms with E-state index in [1.807, 2.05) is 30.3 Å². The second-order valence-electron chi connectivity index (χ2n) is 6.25. The molecule has 0 amide bonds. The van der Waals surface area contributed by atoms with E-state index in [0.717, 1.165) is 17.5 Å². The van der Waals surface area contributed by atoms with Gasteiger partial charge in [0.15, 0.2) is 0 Å². The number of para-hydroxylation sites is 1. The Bertz CT molecular complexity index is 860. The normalized spacial score (nSPS) is 11.8. The molecule has 0 aliphatic carbocycles. The second kappa shape index (κ2) is 5.41. The molecule has 2 aromatic carbocycles. The average molecular weight is 292 g/mol. The fourth-order valence-electron chi connectivity index (χ4n) is 2.51. The first-order chi connectivity index (χ1) is 10.5. The zero-order chi connectivity index (χ0) is 15.7. The molecule has 3 aromatic rings. The van der Waals surface area contributed by atoms with Crippen LogP contribution in [-0.4, -0.2) is 9.97 Å². The Labute approximate surface area is 130 Å². The minimum absolute atomic E-state index is 0.0986. The summed E-state index contributed by atoms with van der Waals surface area (Å²) in [6.07, 6.45) is 1.08. The van der Waals surface area contributed by atoms with E-state index < -0.39 is 0 Å². The number of benzene rings is 2. The number of aromatic nitrogens is 2. The summed E-state index contributed by atoms with van der Waals surface area (Å²) in [5.41, 5.74) is 3.00. The largest absolute Gasteiger partial charge is 0.306 e. The van der Waals surface area contributed by atoms with Gasteiger partial charge in [-0.25, -0.2) is 4.98 Å². The van der Waals surface area contributed by atoms with E-state index in [1.54, 1.807) is 6.07 Å². The van der Waals surface area contributed by atoms with E-state index in [2.05, 4.69) is 42.9 Å². The van der Waals surface area contributed by atoms with Gasteiger partial charge in [-0.2, -0.15) is 0 Å². The zero-order valence-electron chi connectivity index (χ0n) is 13.2. The Kier molecular flexibility index (Phi) is 3.57. The van der Waals surface area contributed by atoms with E-state index in [9.17, 15) is 4.79 Å². The van der Waals surface area contributed by atoms with E-state index in [1.165, 1.54) is 5.56 Å². The molecule has 0 bridgehead atoms. The Balaban J connectivity index is 2.07. The van der Waals surface area contributed by atoms with Gasteiger partial charge in [0, 0.05) is 5.56 Å². The van der Waals surface area contributed by atoms with Crippen molar-refractivity contribution in [2.75, 3.05) is 0 Å². The first kappa shape index (κ1) is 14.5. The highest BCUT2D eigenvalue weighted by Crippen LogP contribution is 2.28. The fourth-order valence-corrected chi connectivity index (χ4v) is 2.51. The summed E-state index contributed by atoms with van der Waals surface area (Å²) in [6, 6.07) is 15.7. The quantitative estimate of drug-likeness (QED) is 0.783. The Morgan fingerprint density at radius 2 is 1.73 bits per heavy atom. The summed E-state index contributed by atoms with van der Waals surface area (Å²) >= 11 is 0. The van der Waals surface area contributed by atoms with Crippen LogP contribution < -0.4 is 5.56 Å². The van der Waals surface area contributed by atoms with Gasteiger partial charge < -0.3 is 4.98 Å². The van der Waals surface area contributed by atoms with Crippen molar-refractivity contribution in [2.24, 2.45) is 0 Å². The van der Waals surface area contributed by atoms with Gasteiger partial charge in [0.2, 0.25) is 0 Å². The summed E-state index contributed by atoms with van der Waals surface area (Å²) < 4.78 is 0. The van der Waals surface area contributed by atoms with Crippen molar-refractivity contribution in [3.8, 4) is 11.4 Å². The topological polar surface area (TPSA) is 45.8 Å². The van der Waals surface area contributed by atoms with Gasteiger partial charge in [-0.3, -0.25) is 4.79 Å². The number of hydrogen-bond donors (Lipinski definition) is 1. The van der Waals surface area contributed by atoms with Crippen LogP contribution in [0.4, 0.5) is 0 Å².